The molecule has 0 spiro atoms. The largest absolute Gasteiger partial charge is 0.484 e. The van der Waals surface area contributed by atoms with Crippen LogP contribution < -0.4 is 19.5 Å². The first-order valence-corrected chi connectivity index (χ1v) is 7.56. The summed E-state index contributed by atoms with van der Waals surface area (Å²) >= 11 is 0. The van der Waals surface area contributed by atoms with Gasteiger partial charge in [0.05, 0.1) is 0 Å². The zero-order valence-electron chi connectivity index (χ0n) is 13.0. The lowest BCUT2D eigenvalue weighted by Gasteiger charge is -2.13. The number of rotatable bonds is 6. The zero-order chi connectivity index (χ0) is 16.1. The van der Waals surface area contributed by atoms with E-state index in [1.54, 1.807) is 18.2 Å². The Labute approximate surface area is 135 Å². The maximum absolute atomic E-state index is 11.9. The number of fused-ring (bicyclic) bond motifs is 1. The van der Waals surface area contributed by atoms with E-state index in [9.17, 15) is 4.79 Å². The van der Waals surface area contributed by atoms with Gasteiger partial charge in [-0.15, -0.1) is 0 Å². The SMILES string of the molecule is C[C@@H](CNC(=O)COc1ccc2c(c1)OCO2)c1ccccc1. The van der Waals surface area contributed by atoms with E-state index in [1.807, 2.05) is 18.2 Å². The van der Waals surface area contributed by atoms with Gasteiger partial charge in [0.1, 0.15) is 5.75 Å². The summed E-state index contributed by atoms with van der Waals surface area (Å²) < 4.78 is 16.0. The van der Waals surface area contributed by atoms with Gasteiger partial charge in [0.2, 0.25) is 6.79 Å². The zero-order valence-corrected chi connectivity index (χ0v) is 13.0. The molecule has 0 radical (unpaired) electrons. The number of benzene rings is 2. The van der Waals surface area contributed by atoms with Crippen LogP contribution in [0.3, 0.4) is 0 Å². The molecule has 3 rings (SSSR count). The topological polar surface area (TPSA) is 56.8 Å². The molecule has 2 aromatic carbocycles. The Hall–Kier alpha value is -2.69. The van der Waals surface area contributed by atoms with Crippen LogP contribution in [0.15, 0.2) is 48.5 Å². The number of carbonyl (C=O) groups excluding carboxylic acids is 1. The van der Waals surface area contributed by atoms with E-state index < -0.39 is 0 Å². The minimum absolute atomic E-state index is 0.0266. The van der Waals surface area contributed by atoms with Gasteiger partial charge >= 0.3 is 0 Å². The Balaban J connectivity index is 1.45. The van der Waals surface area contributed by atoms with E-state index in [2.05, 4.69) is 24.4 Å². The van der Waals surface area contributed by atoms with Crippen LogP contribution in [0.1, 0.15) is 18.4 Å². The van der Waals surface area contributed by atoms with Gasteiger partial charge < -0.3 is 19.5 Å². The minimum Gasteiger partial charge on any atom is -0.484 e. The third-order valence-corrected chi connectivity index (χ3v) is 3.69. The van der Waals surface area contributed by atoms with Crippen molar-refractivity contribution in [2.75, 3.05) is 19.9 Å². The van der Waals surface area contributed by atoms with Gasteiger partial charge in [0.15, 0.2) is 18.1 Å². The maximum atomic E-state index is 11.9. The molecule has 0 aliphatic carbocycles. The summed E-state index contributed by atoms with van der Waals surface area (Å²) in [6, 6.07) is 15.3. The van der Waals surface area contributed by atoms with Crippen LogP contribution in [0.5, 0.6) is 17.2 Å². The van der Waals surface area contributed by atoms with Gasteiger partial charge in [-0.05, 0) is 23.6 Å². The molecule has 5 nitrogen and oxygen atoms in total. The van der Waals surface area contributed by atoms with Crippen molar-refractivity contribution in [3.8, 4) is 17.2 Å². The molecule has 0 saturated heterocycles. The number of nitrogens with one attached hydrogen (secondary N) is 1. The lowest BCUT2D eigenvalue weighted by Crippen LogP contribution is -2.31. The third kappa shape index (κ3) is 3.94. The number of amides is 1. The molecule has 1 aliphatic heterocycles. The molecule has 2 aromatic rings. The van der Waals surface area contributed by atoms with Gasteiger partial charge in [-0.3, -0.25) is 4.79 Å². The van der Waals surface area contributed by atoms with Crippen molar-refractivity contribution >= 4 is 5.91 Å². The van der Waals surface area contributed by atoms with E-state index in [4.69, 9.17) is 14.2 Å². The van der Waals surface area contributed by atoms with Crippen molar-refractivity contribution in [2.24, 2.45) is 0 Å². The molecule has 1 N–H and O–H groups in total. The Morgan fingerprint density at radius 3 is 2.78 bits per heavy atom. The standard InChI is InChI=1S/C18H19NO4/c1-13(14-5-3-2-4-6-14)10-19-18(20)11-21-15-7-8-16-17(9-15)23-12-22-16/h2-9,13H,10-12H2,1H3,(H,19,20)/t13-/m0/s1. The van der Waals surface area contributed by atoms with Crippen molar-refractivity contribution in [1.82, 2.24) is 5.32 Å². The number of hydrogen-bond donors (Lipinski definition) is 1. The Bertz CT molecular complexity index is 672. The summed E-state index contributed by atoms with van der Waals surface area (Å²) in [6.45, 7) is 2.85. The molecule has 0 unspecified atom stereocenters. The summed E-state index contributed by atoms with van der Waals surface area (Å²) in [6.07, 6.45) is 0. The van der Waals surface area contributed by atoms with Crippen LogP contribution in [0.2, 0.25) is 0 Å². The average molecular weight is 313 g/mol. The Morgan fingerprint density at radius 2 is 1.96 bits per heavy atom. The quantitative estimate of drug-likeness (QED) is 0.891. The Morgan fingerprint density at radius 1 is 1.17 bits per heavy atom. The van der Waals surface area contributed by atoms with Crippen LogP contribution in [0.4, 0.5) is 0 Å². The molecule has 1 aliphatic rings. The van der Waals surface area contributed by atoms with Crippen LogP contribution in [0.25, 0.3) is 0 Å². The van der Waals surface area contributed by atoms with Gasteiger partial charge in [0, 0.05) is 12.6 Å². The molecule has 0 saturated carbocycles. The van der Waals surface area contributed by atoms with E-state index in [0.29, 0.717) is 23.8 Å². The fraction of sp³-hybridized carbons (Fsp3) is 0.278. The summed E-state index contributed by atoms with van der Waals surface area (Å²) in [4.78, 5) is 11.9. The molecule has 0 fully saturated rings. The van der Waals surface area contributed by atoms with Crippen molar-refractivity contribution in [1.29, 1.82) is 0 Å². The summed E-state index contributed by atoms with van der Waals surface area (Å²) in [5, 5.41) is 2.88. The minimum atomic E-state index is -0.148. The maximum Gasteiger partial charge on any atom is 0.257 e. The molecule has 120 valence electrons. The first-order chi connectivity index (χ1) is 11.2. The van der Waals surface area contributed by atoms with Crippen LogP contribution in [0, 0.1) is 0 Å². The summed E-state index contributed by atoms with van der Waals surface area (Å²) in [5.41, 5.74) is 1.20. The molecular weight excluding hydrogens is 294 g/mol. The van der Waals surface area contributed by atoms with E-state index in [1.165, 1.54) is 5.56 Å². The average Bonchev–Trinajstić information content (AvgIpc) is 3.06. The molecule has 1 amide bonds. The summed E-state index contributed by atoms with van der Waals surface area (Å²) in [7, 11) is 0. The van der Waals surface area contributed by atoms with E-state index in [-0.39, 0.29) is 25.2 Å². The van der Waals surface area contributed by atoms with E-state index >= 15 is 0 Å². The van der Waals surface area contributed by atoms with E-state index in [0.717, 1.165) is 0 Å². The normalized spacial score (nSPS) is 13.4. The predicted octanol–water partition coefficient (Wildman–Crippen LogP) is 2.71. The predicted molar refractivity (Wildman–Crippen MR) is 85.9 cm³/mol. The lowest BCUT2D eigenvalue weighted by atomic mass is 10.0. The number of hydrogen-bond acceptors (Lipinski definition) is 4. The van der Waals surface area contributed by atoms with Crippen LogP contribution in [-0.2, 0) is 4.79 Å². The van der Waals surface area contributed by atoms with Crippen molar-refractivity contribution in [3.05, 3.63) is 54.1 Å². The fourth-order valence-electron chi connectivity index (χ4n) is 2.33. The molecule has 1 heterocycles. The second-order valence-electron chi connectivity index (χ2n) is 5.42. The van der Waals surface area contributed by atoms with Crippen LogP contribution in [-0.4, -0.2) is 25.9 Å². The Kier molecular flexibility index (Phi) is 4.66. The molecule has 0 bridgehead atoms. The highest BCUT2D eigenvalue weighted by atomic mass is 16.7. The van der Waals surface area contributed by atoms with Crippen molar-refractivity contribution < 1.29 is 19.0 Å². The molecule has 1 atom stereocenters. The van der Waals surface area contributed by atoms with Gasteiger partial charge in [-0.1, -0.05) is 37.3 Å². The first-order valence-electron chi connectivity index (χ1n) is 7.56. The monoisotopic (exact) mass is 313 g/mol. The molecular formula is C18H19NO4. The molecule has 5 heteroatoms. The fourth-order valence-corrected chi connectivity index (χ4v) is 2.33. The highest BCUT2D eigenvalue weighted by Gasteiger charge is 2.14. The van der Waals surface area contributed by atoms with Gasteiger partial charge in [-0.25, -0.2) is 0 Å². The number of carbonyl (C=O) groups is 1. The second-order valence-corrected chi connectivity index (χ2v) is 5.42. The highest BCUT2D eigenvalue weighted by molar-refractivity contribution is 5.77. The second kappa shape index (κ2) is 7.05. The van der Waals surface area contributed by atoms with Gasteiger partial charge in [0.25, 0.3) is 5.91 Å². The van der Waals surface area contributed by atoms with Crippen molar-refractivity contribution in [3.63, 3.8) is 0 Å². The molecule has 23 heavy (non-hydrogen) atoms. The highest BCUT2D eigenvalue weighted by Crippen LogP contribution is 2.34. The van der Waals surface area contributed by atoms with Crippen LogP contribution >= 0.6 is 0 Å². The third-order valence-electron chi connectivity index (χ3n) is 3.69. The first kappa shape index (κ1) is 15.2. The van der Waals surface area contributed by atoms with Gasteiger partial charge in [-0.2, -0.15) is 0 Å². The summed E-state index contributed by atoms with van der Waals surface area (Å²) in [5.74, 6) is 2.02. The number of ether oxygens (including phenoxy) is 3. The smallest absolute Gasteiger partial charge is 0.257 e. The van der Waals surface area contributed by atoms with Crippen molar-refractivity contribution in [2.45, 2.75) is 12.8 Å². The lowest BCUT2D eigenvalue weighted by molar-refractivity contribution is -0.123. The molecule has 0 aromatic heterocycles.